The van der Waals surface area contributed by atoms with Crippen LogP contribution >= 0.6 is 22.9 Å². The minimum absolute atomic E-state index is 0.0687. The minimum atomic E-state index is -0.672. The molecule has 0 spiro atoms. The number of nitrogens with zero attached hydrogens (tertiary/aromatic N) is 1. The lowest BCUT2D eigenvalue weighted by Gasteiger charge is -2.46. The van der Waals surface area contributed by atoms with E-state index in [-0.39, 0.29) is 5.91 Å². The van der Waals surface area contributed by atoms with Gasteiger partial charge in [-0.05, 0) is 17.9 Å². The number of carbonyl (C=O) groups is 1. The van der Waals surface area contributed by atoms with Crippen molar-refractivity contribution in [3.05, 3.63) is 21.3 Å². The van der Waals surface area contributed by atoms with Gasteiger partial charge in [-0.1, -0.05) is 24.9 Å². The number of amides is 1. The molecule has 0 unspecified atom stereocenters. The monoisotopic (exact) mass is 259 g/mol. The van der Waals surface area contributed by atoms with Crippen LogP contribution in [0.25, 0.3) is 0 Å². The first-order valence-corrected chi connectivity index (χ1v) is 6.56. The van der Waals surface area contributed by atoms with E-state index in [1.54, 1.807) is 16.3 Å². The third kappa shape index (κ3) is 2.10. The summed E-state index contributed by atoms with van der Waals surface area (Å²) in [6, 6.07) is 1.72. The van der Waals surface area contributed by atoms with Gasteiger partial charge in [0.2, 0.25) is 0 Å². The zero-order valence-corrected chi connectivity index (χ0v) is 10.6. The molecule has 1 N–H and O–H groups in total. The fraction of sp³-hybridized carbons (Fsp3) is 0.545. The maximum atomic E-state index is 11.9. The number of thiophene rings is 1. The van der Waals surface area contributed by atoms with Crippen LogP contribution in [0.2, 0.25) is 5.02 Å². The molecule has 0 radical (unpaired) electrons. The highest BCUT2D eigenvalue weighted by Crippen LogP contribution is 2.30. The van der Waals surface area contributed by atoms with Gasteiger partial charge in [-0.15, -0.1) is 11.3 Å². The largest absolute Gasteiger partial charge is 0.386 e. The SMILES string of the molecule is CCCC1(O)CN(C(=O)c2sccc2Cl)C1. The van der Waals surface area contributed by atoms with Crippen molar-refractivity contribution in [1.82, 2.24) is 4.90 Å². The van der Waals surface area contributed by atoms with Gasteiger partial charge in [0.25, 0.3) is 5.91 Å². The van der Waals surface area contributed by atoms with Crippen LogP contribution in [-0.4, -0.2) is 34.6 Å². The summed E-state index contributed by atoms with van der Waals surface area (Å²) < 4.78 is 0. The second-order valence-electron chi connectivity index (χ2n) is 4.23. The van der Waals surface area contributed by atoms with Gasteiger partial charge in [0.15, 0.2) is 0 Å². The zero-order chi connectivity index (χ0) is 11.8. The number of likely N-dealkylation sites (tertiary alicyclic amines) is 1. The number of halogens is 1. The van der Waals surface area contributed by atoms with E-state index in [0.717, 1.165) is 12.8 Å². The Morgan fingerprint density at radius 3 is 2.88 bits per heavy atom. The molecular formula is C11H14ClNO2S. The molecule has 1 aromatic rings. The fourth-order valence-corrected chi connectivity index (χ4v) is 3.12. The molecule has 1 aromatic heterocycles. The molecule has 2 heterocycles. The van der Waals surface area contributed by atoms with Crippen LogP contribution < -0.4 is 0 Å². The Labute approximate surface area is 104 Å². The molecule has 1 saturated heterocycles. The van der Waals surface area contributed by atoms with E-state index in [9.17, 15) is 9.90 Å². The molecule has 88 valence electrons. The molecular weight excluding hydrogens is 246 g/mol. The van der Waals surface area contributed by atoms with Crippen molar-refractivity contribution < 1.29 is 9.90 Å². The highest BCUT2D eigenvalue weighted by Gasteiger charge is 2.43. The summed E-state index contributed by atoms with van der Waals surface area (Å²) in [6.45, 7) is 2.88. The Bertz CT molecular complexity index is 398. The summed E-state index contributed by atoms with van der Waals surface area (Å²) >= 11 is 7.24. The van der Waals surface area contributed by atoms with E-state index in [1.165, 1.54) is 11.3 Å². The number of carbonyl (C=O) groups excluding carboxylic acids is 1. The molecule has 1 aliphatic heterocycles. The summed E-state index contributed by atoms with van der Waals surface area (Å²) in [5.74, 6) is -0.0687. The molecule has 1 aliphatic rings. The summed E-state index contributed by atoms with van der Waals surface area (Å²) in [4.78, 5) is 14.2. The van der Waals surface area contributed by atoms with Gasteiger partial charge in [0.1, 0.15) is 4.88 Å². The van der Waals surface area contributed by atoms with Gasteiger partial charge in [0.05, 0.1) is 23.7 Å². The first kappa shape index (κ1) is 11.9. The Hall–Kier alpha value is -0.580. The first-order valence-electron chi connectivity index (χ1n) is 5.30. The van der Waals surface area contributed by atoms with Gasteiger partial charge >= 0.3 is 0 Å². The van der Waals surface area contributed by atoms with Gasteiger partial charge < -0.3 is 10.0 Å². The van der Waals surface area contributed by atoms with Gasteiger partial charge in [-0.3, -0.25) is 4.79 Å². The van der Waals surface area contributed by atoms with E-state index in [1.807, 2.05) is 6.92 Å². The van der Waals surface area contributed by atoms with E-state index < -0.39 is 5.60 Å². The number of hydrogen-bond donors (Lipinski definition) is 1. The second kappa shape index (κ2) is 4.35. The first-order chi connectivity index (χ1) is 7.56. The molecule has 5 heteroatoms. The van der Waals surface area contributed by atoms with Crippen LogP contribution in [0.5, 0.6) is 0 Å². The van der Waals surface area contributed by atoms with E-state index >= 15 is 0 Å². The summed E-state index contributed by atoms with van der Waals surface area (Å²) in [6.07, 6.45) is 1.67. The van der Waals surface area contributed by atoms with Crippen molar-refractivity contribution in [1.29, 1.82) is 0 Å². The molecule has 1 fully saturated rings. The molecule has 2 rings (SSSR count). The minimum Gasteiger partial charge on any atom is -0.386 e. The molecule has 0 saturated carbocycles. The maximum Gasteiger partial charge on any atom is 0.265 e. The number of β-amino-alcohol motifs (C(OH)–C–C–N with tert-alkyl or cyclic N) is 1. The molecule has 0 atom stereocenters. The topological polar surface area (TPSA) is 40.5 Å². The lowest BCUT2D eigenvalue weighted by Crippen LogP contribution is -2.63. The van der Waals surface area contributed by atoms with Crippen molar-refractivity contribution in [2.45, 2.75) is 25.4 Å². The number of hydrogen-bond acceptors (Lipinski definition) is 3. The second-order valence-corrected chi connectivity index (χ2v) is 5.56. The zero-order valence-electron chi connectivity index (χ0n) is 9.07. The molecule has 16 heavy (non-hydrogen) atoms. The quantitative estimate of drug-likeness (QED) is 0.906. The standard InChI is InChI=1S/C11H14ClNO2S/c1-2-4-11(15)6-13(7-11)10(14)9-8(12)3-5-16-9/h3,5,15H,2,4,6-7H2,1H3. The molecule has 0 aliphatic carbocycles. The van der Waals surface area contributed by atoms with Crippen LogP contribution in [0.4, 0.5) is 0 Å². The number of aliphatic hydroxyl groups is 1. The molecule has 0 bridgehead atoms. The average Bonchev–Trinajstić information content (AvgIpc) is 2.60. The maximum absolute atomic E-state index is 11.9. The number of rotatable bonds is 3. The Morgan fingerprint density at radius 1 is 1.69 bits per heavy atom. The summed E-state index contributed by atoms with van der Waals surface area (Å²) in [5.41, 5.74) is -0.672. The predicted molar refractivity (Wildman–Crippen MR) is 65.1 cm³/mol. The molecule has 3 nitrogen and oxygen atoms in total. The smallest absolute Gasteiger partial charge is 0.265 e. The predicted octanol–water partition coefficient (Wildman–Crippen LogP) is 2.39. The van der Waals surface area contributed by atoms with Crippen molar-refractivity contribution >= 4 is 28.8 Å². The van der Waals surface area contributed by atoms with Crippen molar-refractivity contribution in [3.63, 3.8) is 0 Å². The Balaban J connectivity index is 1.98. The third-order valence-electron chi connectivity index (χ3n) is 2.78. The van der Waals surface area contributed by atoms with Crippen LogP contribution in [0.15, 0.2) is 11.4 Å². The van der Waals surface area contributed by atoms with Gasteiger partial charge in [0, 0.05) is 0 Å². The van der Waals surface area contributed by atoms with Crippen LogP contribution in [-0.2, 0) is 0 Å². The van der Waals surface area contributed by atoms with E-state index in [2.05, 4.69) is 0 Å². The van der Waals surface area contributed by atoms with Crippen LogP contribution in [0, 0.1) is 0 Å². The van der Waals surface area contributed by atoms with Crippen molar-refractivity contribution in [2.75, 3.05) is 13.1 Å². The Morgan fingerprint density at radius 2 is 2.38 bits per heavy atom. The van der Waals surface area contributed by atoms with Crippen LogP contribution in [0.1, 0.15) is 29.4 Å². The molecule has 0 aromatic carbocycles. The molecule has 1 amide bonds. The van der Waals surface area contributed by atoms with Crippen molar-refractivity contribution in [2.24, 2.45) is 0 Å². The highest BCUT2D eigenvalue weighted by atomic mass is 35.5. The average molecular weight is 260 g/mol. The van der Waals surface area contributed by atoms with Gasteiger partial charge in [-0.25, -0.2) is 0 Å². The van der Waals surface area contributed by atoms with E-state index in [0.29, 0.717) is 23.0 Å². The summed E-state index contributed by atoms with van der Waals surface area (Å²) in [7, 11) is 0. The van der Waals surface area contributed by atoms with E-state index in [4.69, 9.17) is 11.6 Å². The van der Waals surface area contributed by atoms with Crippen molar-refractivity contribution in [3.8, 4) is 0 Å². The summed E-state index contributed by atoms with van der Waals surface area (Å²) in [5, 5.41) is 12.3. The lowest BCUT2D eigenvalue weighted by molar-refractivity contribution is -0.0858. The van der Waals surface area contributed by atoms with Crippen LogP contribution in [0.3, 0.4) is 0 Å². The fourth-order valence-electron chi connectivity index (χ4n) is 2.02. The highest BCUT2D eigenvalue weighted by molar-refractivity contribution is 7.12. The Kier molecular flexibility index (Phi) is 3.24. The van der Waals surface area contributed by atoms with Gasteiger partial charge in [-0.2, -0.15) is 0 Å². The third-order valence-corrected chi connectivity index (χ3v) is 4.11. The lowest BCUT2D eigenvalue weighted by atomic mass is 9.89. The normalized spacial score (nSPS) is 18.3.